The summed E-state index contributed by atoms with van der Waals surface area (Å²) in [7, 11) is 0. The Kier molecular flexibility index (Phi) is 12.6. The highest BCUT2D eigenvalue weighted by atomic mass is 35.5. The topological polar surface area (TPSA) is 100 Å². The van der Waals surface area contributed by atoms with Crippen molar-refractivity contribution in [3.05, 3.63) is 93.5 Å². The van der Waals surface area contributed by atoms with Gasteiger partial charge in [-0.05, 0) is 66.4 Å². The van der Waals surface area contributed by atoms with E-state index >= 15 is 0 Å². The van der Waals surface area contributed by atoms with E-state index in [0.29, 0.717) is 29.9 Å². The summed E-state index contributed by atoms with van der Waals surface area (Å²) in [5.74, 6) is 0.186. The molecule has 2 amide bonds. The zero-order valence-electron chi connectivity index (χ0n) is 22.2. The van der Waals surface area contributed by atoms with E-state index in [1.165, 1.54) is 30.0 Å². The van der Waals surface area contributed by atoms with Gasteiger partial charge in [0, 0.05) is 17.1 Å². The molecule has 0 aliphatic rings. The van der Waals surface area contributed by atoms with E-state index < -0.39 is 35.3 Å². The van der Waals surface area contributed by atoms with Crippen molar-refractivity contribution in [3.63, 3.8) is 0 Å². The molecule has 3 N–H and O–H groups in total. The number of hydrogen-bond acceptors (Lipinski definition) is 6. The normalized spacial score (nSPS) is 11.5. The van der Waals surface area contributed by atoms with Crippen molar-refractivity contribution >= 4 is 47.1 Å². The van der Waals surface area contributed by atoms with Gasteiger partial charge >= 0.3 is 6.18 Å². The van der Waals surface area contributed by atoms with E-state index in [-0.39, 0.29) is 35.8 Å². The number of carbonyl (C=O) groups is 2. The number of halogens is 5. The van der Waals surface area contributed by atoms with Gasteiger partial charge in [0.2, 0.25) is 0 Å². The second-order valence-electron chi connectivity index (χ2n) is 8.82. The Hall–Kier alpha value is -3.61. The van der Waals surface area contributed by atoms with Crippen LogP contribution in [0, 0.1) is 0 Å². The fourth-order valence-corrected chi connectivity index (χ4v) is 4.53. The molecule has 42 heavy (non-hydrogen) atoms. The van der Waals surface area contributed by atoms with Gasteiger partial charge in [0.15, 0.2) is 0 Å². The van der Waals surface area contributed by atoms with Gasteiger partial charge in [-0.25, -0.2) is 5.43 Å². The Labute approximate surface area is 249 Å². The number of ether oxygens (including phenoxy) is 1. The van der Waals surface area contributed by atoms with Gasteiger partial charge < -0.3 is 15.2 Å². The van der Waals surface area contributed by atoms with Crippen LogP contribution >= 0.6 is 23.4 Å². The minimum atomic E-state index is -4.67. The molecule has 13 heteroatoms. The number of hydrazone groups is 1. The summed E-state index contributed by atoms with van der Waals surface area (Å²) in [6.45, 7) is -0.239. The zero-order valence-corrected chi connectivity index (χ0v) is 23.8. The quantitative estimate of drug-likeness (QED) is 0.0799. The average molecular weight is 626 g/mol. The molecular weight excluding hydrogens is 598 g/mol. The maximum Gasteiger partial charge on any atom is 0.417 e. The van der Waals surface area contributed by atoms with Crippen LogP contribution in [0.1, 0.15) is 50.2 Å². The molecule has 0 fully saturated rings. The number of hydrogen-bond donors (Lipinski definition) is 3. The van der Waals surface area contributed by atoms with Crippen LogP contribution in [0.25, 0.3) is 0 Å². The molecule has 0 saturated carbocycles. The molecule has 0 radical (unpaired) electrons. The highest BCUT2D eigenvalue weighted by Gasteiger charge is 2.33. The first-order valence-electron chi connectivity index (χ1n) is 12.7. The number of nitrogens with one attached hydrogen (secondary N) is 2. The van der Waals surface area contributed by atoms with Crippen molar-refractivity contribution in [1.82, 2.24) is 5.43 Å². The molecule has 0 spiro atoms. The highest BCUT2D eigenvalue weighted by molar-refractivity contribution is 7.98. The molecule has 0 atom stereocenters. The van der Waals surface area contributed by atoms with Gasteiger partial charge in [0.25, 0.3) is 11.8 Å². The SMILES string of the molecule is O=C(Nc1ccc(OCCCCF)cc1C(=O)N/N=C\c1ccc(Cl)c(C(F)(F)F)c1)c1cccc(CSCCO)c1. The Balaban J connectivity index is 1.80. The lowest BCUT2D eigenvalue weighted by molar-refractivity contribution is -0.137. The average Bonchev–Trinajstić information content (AvgIpc) is 2.96. The Morgan fingerprint density at radius 1 is 1.05 bits per heavy atom. The van der Waals surface area contributed by atoms with Crippen LogP contribution < -0.4 is 15.5 Å². The monoisotopic (exact) mass is 625 g/mol. The van der Waals surface area contributed by atoms with Crippen molar-refractivity contribution in [2.75, 3.05) is 31.0 Å². The summed E-state index contributed by atoms with van der Waals surface area (Å²) >= 11 is 7.16. The van der Waals surface area contributed by atoms with Crippen molar-refractivity contribution in [2.45, 2.75) is 24.8 Å². The van der Waals surface area contributed by atoms with Crippen LogP contribution in [0.5, 0.6) is 5.75 Å². The van der Waals surface area contributed by atoms with Crippen LogP contribution in [0.2, 0.25) is 5.02 Å². The molecule has 3 aromatic carbocycles. The highest BCUT2D eigenvalue weighted by Crippen LogP contribution is 2.35. The smallest absolute Gasteiger partial charge is 0.417 e. The number of carbonyl (C=O) groups excluding carboxylic acids is 2. The summed E-state index contributed by atoms with van der Waals surface area (Å²) in [4.78, 5) is 26.1. The van der Waals surface area contributed by atoms with Crippen LogP contribution in [0.3, 0.4) is 0 Å². The molecule has 3 aromatic rings. The van der Waals surface area contributed by atoms with Crippen LogP contribution in [-0.4, -0.2) is 48.8 Å². The third-order valence-electron chi connectivity index (χ3n) is 5.65. The number of anilines is 1. The molecule has 3 rings (SSSR count). The molecule has 224 valence electrons. The lowest BCUT2D eigenvalue weighted by Gasteiger charge is -2.13. The molecule has 0 heterocycles. The summed E-state index contributed by atoms with van der Waals surface area (Å²) in [6, 6.07) is 14.5. The van der Waals surface area contributed by atoms with Crippen LogP contribution in [0.4, 0.5) is 23.2 Å². The Morgan fingerprint density at radius 3 is 2.60 bits per heavy atom. The molecule has 0 aliphatic heterocycles. The molecule has 0 unspecified atom stereocenters. The second-order valence-corrected chi connectivity index (χ2v) is 10.3. The Morgan fingerprint density at radius 2 is 1.86 bits per heavy atom. The predicted molar refractivity (Wildman–Crippen MR) is 156 cm³/mol. The number of nitrogens with zero attached hydrogens (tertiary/aromatic N) is 1. The molecule has 0 bridgehead atoms. The number of benzene rings is 3. The van der Waals surface area contributed by atoms with Gasteiger partial charge in [-0.15, -0.1) is 0 Å². The van der Waals surface area contributed by atoms with Gasteiger partial charge in [-0.1, -0.05) is 29.8 Å². The van der Waals surface area contributed by atoms with Gasteiger partial charge in [0.05, 0.1) is 47.9 Å². The van der Waals surface area contributed by atoms with Gasteiger partial charge in [-0.3, -0.25) is 14.0 Å². The lowest BCUT2D eigenvalue weighted by Crippen LogP contribution is -2.21. The maximum atomic E-state index is 13.2. The van der Waals surface area contributed by atoms with E-state index in [0.717, 1.165) is 23.9 Å². The number of unbranched alkanes of at least 4 members (excludes halogenated alkanes) is 1. The number of aliphatic hydroxyl groups is 1. The van der Waals surface area contributed by atoms with Gasteiger partial charge in [0.1, 0.15) is 5.75 Å². The fourth-order valence-electron chi connectivity index (χ4n) is 3.61. The van der Waals surface area contributed by atoms with E-state index in [9.17, 15) is 27.2 Å². The van der Waals surface area contributed by atoms with Crippen LogP contribution in [-0.2, 0) is 11.9 Å². The first-order chi connectivity index (χ1) is 20.1. The van der Waals surface area contributed by atoms with E-state index in [4.69, 9.17) is 21.4 Å². The first-order valence-corrected chi connectivity index (χ1v) is 14.3. The summed E-state index contributed by atoms with van der Waals surface area (Å²) in [5.41, 5.74) is 2.58. The Bertz CT molecular complexity index is 1410. The zero-order chi connectivity index (χ0) is 30.5. The third-order valence-corrected chi connectivity index (χ3v) is 6.99. The predicted octanol–water partition coefficient (Wildman–Crippen LogP) is 6.73. The van der Waals surface area contributed by atoms with E-state index in [2.05, 4.69) is 15.8 Å². The number of thioether (sulfide) groups is 1. The molecular formula is C29H28ClF4N3O4S. The lowest BCUT2D eigenvalue weighted by atomic mass is 10.1. The minimum Gasteiger partial charge on any atom is -0.494 e. The number of aliphatic hydroxyl groups excluding tert-OH is 1. The molecule has 0 aliphatic carbocycles. The fraction of sp³-hybridized carbons (Fsp3) is 0.276. The number of amides is 2. The first kappa shape index (κ1) is 32.9. The standard InChI is InChI=1S/C29H28ClF4N3O4S/c30-25-8-6-19(15-24(25)29(32,33)34)17-35-37-28(40)23-16-22(41-12-2-1-10-31)7-9-26(23)36-27(39)21-5-3-4-20(14-21)18-42-13-11-38/h3-9,14-17,38H,1-2,10-13,18H2,(H,36,39)(H,37,40)/b35-17-. The second kappa shape index (κ2) is 16.1. The molecule has 7 nitrogen and oxygen atoms in total. The summed E-state index contributed by atoms with van der Waals surface area (Å²) < 4.78 is 57.5. The third kappa shape index (κ3) is 10.0. The van der Waals surface area contributed by atoms with E-state index in [1.54, 1.807) is 24.3 Å². The summed E-state index contributed by atoms with van der Waals surface area (Å²) in [6.07, 6.45) is -2.87. The van der Waals surface area contributed by atoms with Crippen molar-refractivity contribution in [3.8, 4) is 5.75 Å². The number of rotatable bonds is 14. The van der Waals surface area contributed by atoms with Crippen molar-refractivity contribution < 1.29 is 37.0 Å². The van der Waals surface area contributed by atoms with Gasteiger partial charge in [-0.2, -0.15) is 30.0 Å². The van der Waals surface area contributed by atoms with Crippen molar-refractivity contribution in [1.29, 1.82) is 0 Å². The van der Waals surface area contributed by atoms with E-state index in [1.807, 2.05) is 6.07 Å². The molecule has 0 aromatic heterocycles. The summed E-state index contributed by atoms with van der Waals surface area (Å²) in [5, 5.41) is 15.0. The molecule has 0 saturated heterocycles. The number of alkyl halides is 4. The van der Waals surface area contributed by atoms with Crippen LogP contribution in [0.15, 0.2) is 65.8 Å². The van der Waals surface area contributed by atoms with Crippen molar-refractivity contribution in [2.24, 2.45) is 5.10 Å². The largest absolute Gasteiger partial charge is 0.494 e. The maximum absolute atomic E-state index is 13.2. The minimum absolute atomic E-state index is 0.0229.